The largest absolute Gasteiger partial charge is 0.508 e. The predicted molar refractivity (Wildman–Crippen MR) is 71.2 cm³/mol. The molecule has 18 heavy (non-hydrogen) atoms. The summed E-state index contributed by atoms with van der Waals surface area (Å²) in [6, 6.07) is 3.65. The summed E-state index contributed by atoms with van der Waals surface area (Å²) in [6.45, 7) is 4.09. The summed E-state index contributed by atoms with van der Waals surface area (Å²) >= 11 is 5.79. The molecule has 1 aromatic carbocycles. The van der Waals surface area contributed by atoms with Gasteiger partial charge in [0.1, 0.15) is 11.5 Å². The topological polar surface area (TPSA) is 69.6 Å². The van der Waals surface area contributed by atoms with Gasteiger partial charge in [-0.05, 0) is 24.5 Å². The predicted octanol–water partition coefficient (Wildman–Crippen LogP) is 2.48. The normalized spacial score (nSPS) is 12.4. The highest BCUT2D eigenvalue weighted by Gasteiger charge is 2.15. The number of carbonyl (C=O) groups is 1. The molecule has 3 N–H and O–H groups in total. The lowest BCUT2D eigenvalue weighted by atomic mass is 10.0. The first-order chi connectivity index (χ1) is 8.42. The van der Waals surface area contributed by atoms with Crippen LogP contribution in [0.15, 0.2) is 18.2 Å². The molecular weight excluding hydrogens is 254 g/mol. The first-order valence-electron chi connectivity index (χ1n) is 5.82. The highest BCUT2D eigenvalue weighted by molar-refractivity contribution is 6.18. The van der Waals surface area contributed by atoms with Gasteiger partial charge in [-0.1, -0.05) is 13.8 Å². The summed E-state index contributed by atoms with van der Waals surface area (Å²) in [4.78, 5) is 11.9. The molecule has 0 fully saturated rings. The van der Waals surface area contributed by atoms with Crippen molar-refractivity contribution in [2.75, 3.05) is 5.88 Å². The van der Waals surface area contributed by atoms with Crippen LogP contribution in [-0.2, 0) is 0 Å². The number of aromatic hydroxyl groups is 2. The fourth-order valence-corrected chi connectivity index (χ4v) is 1.93. The van der Waals surface area contributed by atoms with E-state index >= 15 is 0 Å². The second-order valence-electron chi connectivity index (χ2n) is 4.69. The Bertz CT molecular complexity index is 400. The van der Waals surface area contributed by atoms with Gasteiger partial charge in [-0.25, -0.2) is 0 Å². The number of phenols is 2. The lowest BCUT2D eigenvalue weighted by Gasteiger charge is -2.18. The van der Waals surface area contributed by atoms with Gasteiger partial charge in [-0.3, -0.25) is 4.79 Å². The van der Waals surface area contributed by atoms with E-state index in [1.807, 2.05) is 13.8 Å². The highest BCUT2D eigenvalue weighted by Crippen LogP contribution is 2.20. The lowest BCUT2D eigenvalue weighted by molar-refractivity contribution is 0.0936. The maximum Gasteiger partial charge on any atom is 0.251 e. The number of benzene rings is 1. The Hall–Kier alpha value is -1.42. The minimum absolute atomic E-state index is 0.122. The fraction of sp³-hybridized carbons (Fsp3) is 0.462. The third kappa shape index (κ3) is 4.45. The average molecular weight is 272 g/mol. The molecule has 0 heterocycles. The van der Waals surface area contributed by atoms with Crippen molar-refractivity contribution in [1.82, 2.24) is 5.32 Å². The van der Waals surface area contributed by atoms with Crippen molar-refractivity contribution in [3.63, 3.8) is 0 Å². The molecule has 0 bridgehead atoms. The third-order valence-corrected chi connectivity index (χ3v) is 2.81. The smallest absolute Gasteiger partial charge is 0.251 e. The van der Waals surface area contributed by atoms with Gasteiger partial charge in [0.25, 0.3) is 5.91 Å². The minimum Gasteiger partial charge on any atom is -0.508 e. The maximum atomic E-state index is 11.9. The number of alkyl halides is 1. The number of phenolic OH excluding ortho intramolecular Hbond substituents is 2. The molecule has 0 aliphatic carbocycles. The molecular formula is C13H18ClNO3. The molecule has 100 valence electrons. The molecule has 0 saturated carbocycles. The minimum atomic E-state index is -0.354. The molecule has 1 atom stereocenters. The van der Waals surface area contributed by atoms with Crippen LogP contribution >= 0.6 is 11.6 Å². The number of nitrogens with one attached hydrogen (secondary N) is 1. The van der Waals surface area contributed by atoms with Crippen LogP contribution in [0.4, 0.5) is 0 Å². The van der Waals surface area contributed by atoms with E-state index in [1.165, 1.54) is 18.2 Å². The number of rotatable bonds is 5. The summed E-state index contributed by atoms with van der Waals surface area (Å²) in [5, 5.41) is 21.4. The molecule has 1 amide bonds. The van der Waals surface area contributed by atoms with E-state index in [2.05, 4.69) is 5.32 Å². The zero-order valence-electron chi connectivity index (χ0n) is 10.5. The van der Waals surface area contributed by atoms with E-state index in [0.717, 1.165) is 6.42 Å². The van der Waals surface area contributed by atoms with Crippen molar-refractivity contribution in [2.45, 2.75) is 26.3 Å². The zero-order valence-corrected chi connectivity index (χ0v) is 11.2. The summed E-state index contributed by atoms with van der Waals surface area (Å²) in [5.41, 5.74) is 0.214. The molecule has 1 rings (SSSR count). The van der Waals surface area contributed by atoms with E-state index in [-0.39, 0.29) is 29.0 Å². The number of hydrogen-bond donors (Lipinski definition) is 3. The van der Waals surface area contributed by atoms with Gasteiger partial charge in [-0.15, -0.1) is 11.6 Å². The molecule has 0 saturated heterocycles. The van der Waals surface area contributed by atoms with Crippen LogP contribution in [0.5, 0.6) is 11.5 Å². The molecule has 1 unspecified atom stereocenters. The summed E-state index contributed by atoms with van der Waals surface area (Å²) < 4.78 is 0. The Morgan fingerprint density at radius 1 is 1.28 bits per heavy atom. The van der Waals surface area contributed by atoms with Crippen molar-refractivity contribution in [1.29, 1.82) is 0 Å². The van der Waals surface area contributed by atoms with Gasteiger partial charge in [0, 0.05) is 23.6 Å². The van der Waals surface area contributed by atoms with E-state index in [4.69, 9.17) is 11.6 Å². The van der Waals surface area contributed by atoms with Crippen molar-refractivity contribution >= 4 is 17.5 Å². The van der Waals surface area contributed by atoms with Gasteiger partial charge in [0.15, 0.2) is 0 Å². The molecule has 0 radical (unpaired) electrons. The average Bonchev–Trinajstić information content (AvgIpc) is 2.26. The highest BCUT2D eigenvalue weighted by atomic mass is 35.5. The Morgan fingerprint density at radius 3 is 2.28 bits per heavy atom. The Kier molecular flexibility index (Phi) is 5.28. The molecule has 0 aliphatic rings. The number of halogens is 1. The van der Waals surface area contributed by atoms with Crippen LogP contribution in [0.25, 0.3) is 0 Å². The Balaban J connectivity index is 2.74. The fourth-order valence-electron chi connectivity index (χ4n) is 1.72. The number of carbonyl (C=O) groups excluding carboxylic acids is 1. The van der Waals surface area contributed by atoms with Gasteiger partial charge >= 0.3 is 0 Å². The number of hydrogen-bond acceptors (Lipinski definition) is 3. The van der Waals surface area contributed by atoms with Crippen molar-refractivity contribution in [3.05, 3.63) is 23.8 Å². The lowest BCUT2D eigenvalue weighted by Crippen LogP contribution is -2.37. The monoisotopic (exact) mass is 271 g/mol. The van der Waals surface area contributed by atoms with E-state index in [9.17, 15) is 15.0 Å². The summed E-state index contributed by atoms with van der Waals surface area (Å²) in [5.74, 6) is 0.103. The molecule has 1 aromatic rings. The van der Waals surface area contributed by atoms with E-state index in [1.54, 1.807) is 0 Å². The Labute approximate surface area is 112 Å². The Morgan fingerprint density at radius 2 is 1.83 bits per heavy atom. The van der Waals surface area contributed by atoms with Crippen LogP contribution in [0.3, 0.4) is 0 Å². The van der Waals surface area contributed by atoms with Gasteiger partial charge in [-0.2, -0.15) is 0 Å². The first-order valence-corrected chi connectivity index (χ1v) is 6.35. The van der Waals surface area contributed by atoms with E-state index in [0.29, 0.717) is 11.8 Å². The summed E-state index contributed by atoms with van der Waals surface area (Å²) in [6.07, 6.45) is 0.778. The zero-order chi connectivity index (χ0) is 13.7. The quantitative estimate of drug-likeness (QED) is 0.721. The molecule has 0 aliphatic heterocycles. The molecule has 4 nitrogen and oxygen atoms in total. The molecule has 5 heteroatoms. The SMILES string of the molecule is CC(C)CC(CCl)NC(=O)c1cc(O)cc(O)c1. The van der Waals surface area contributed by atoms with Crippen molar-refractivity contribution < 1.29 is 15.0 Å². The number of amides is 1. The van der Waals surface area contributed by atoms with E-state index < -0.39 is 0 Å². The van der Waals surface area contributed by atoms with Gasteiger partial charge in [0.2, 0.25) is 0 Å². The maximum absolute atomic E-state index is 11.9. The van der Waals surface area contributed by atoms with Gasteiger partial charge < -0.3 is 15.5 Å². The second-order valence-corrected chi connectivity index (χ2v) is 5.00. The second kappa shape index (κ2) is 6.50. The van der Waals surface area contributed by atoms with Crippen molar-refractivity contribution in [2.24, 2.45) is 5.92 Å². The van der Waals surface area contributed by atoms with Crippen LogP contribution < -0.4 is 5.32 Å². The van der Waals surface area contributed by atoms with Gasteiger partial charge in [0.05, 0.1) is 0 Å². The standard InChI is InChI=1S/C13H18ClNO3/c1-8(2)3-10(7-14)15-13(18)9-4-11(16)6-12(17)5-9/h4-6,8,10,16-17H,3,7H2,1-2H3,(H,15,18). The van der Waals surface area contributed by atoms with Crippen LogP contribution in [0.2, 0.25) is 0 Å². The van der Waals surface area contributed by atoms with Crippen molar-refractivity contribution in [3.8, 4) is 11.5 Å². The third-order valence-electron chi connectivity index (χ3n) is 2.44. The van der Waals surface area contributed by atoms with Crippen LogP contribution in [0.1, 0.15) is 30.6 Å². The van der Waals surface area contributed by atoms with Crippen LogP contribution in [0, 0.1) is 5.92 Å². The summed E-state index contributed by atoms with van der Waals surface area (Å²) in [7, 11) is 0. The first kappa shape index (κ1) is 14.6. The molecule has 0 aromatic heterocycles. The van der Waals surface area contributed by atoms with Crippen LogP contribution in [-0.4, -0.2) is 28.0 Å². The molecule has 0 spiro atoms.